The zero-order valence-electron chi connectivity index (χ0n) is 14.8. The highest BCUT2D eigenvalue weighted by Crippen LogP contribution is 2.26. The quantitative estimate of drug-likeness (QED) is 0.848. The second-order valence-electron chi connectivity index (χ2n) is 6.77. The molecule has 2 fully saturated rings. The van der Waals surface area contributed by atoms with Crippen molar-refractivity contribution in [2.24, 2.45) is 5.92 Å². The number of hydrogen-bond donors (Lipinski definition) is 0. The first kappa shape index (κ1) is 17.1. The van der Waals surface area contributed by atoms with E-state index in [1.165, 1.54) is 0 Å². The molecular formula is C18H28N4O2. The van der Waals surface area contributed by atoms with E-state index in [4.69, 9.17) is 4.74 Å². The Hall–Kier alpha value is -1.69. The topological polar surface area (TPSA) is 58.6 Å². The summed E-state index contributed by atoms with van der Waals surface area (Å²) in [6.45, 7) is 8.14. The number of aryl methyl sites for hydroxylation is 1. The van der Waals surface area contributed by atoms with Crippen LogP contribution in [0.5, 0.6) is 0 Å². The van der Waals surface area contributed by atoms with Crippen LogP contribution in [-0.2, 0) is 9.53 Å². The Labute approximate surface area is 144 Å². The third kappa shape index (κ3) is 3.86. The molecule has 6 nitrogen and oxygen atoms in total. The number of hydrogen-bond acceptors (Lipinski definition) is 5. The first-order valence-corrected chi connectivity index (χ1v) is 9.14. The van der Waals surface area contributed by atoms with Crippen LogP contribution in [0.4, 0.5) is 5.82 Å². The van der Waals surface area contributed by atoms with Gasteiger partial charge in [0.2, 0.25) is 5.91 Å². The van der Waals surface area contributed by atoms with E-state index in [-0.39, 0.29) is 17.9 Å². The lowest BCUT2D eigenvalue weighted by molar-refractivity contribution is -0.145. The molecule has 0 N–H and O–H groups in total. The summed E-state index contributed by atoms with van der Waals surface area (Å²) < 4.78 is 5.81. The van der Waals surface area contributed by atoms with Crippen LogP contribution in [0.1, 0.15) is 38.3 Å². The normalized spacial score (nSPS) is 25.4. The zero-order chi connectivity index (χ0) is 16.9. The van der Waals surface area contributed by atoms with Gasteiger partial charge in [-0.15, -0.1) is 5.10 Å². The number of rotatable bonds is 3. The van der Waals surface area contributed by atoms with E-state index in [2.05, 4.69) is 22.0 Å². The average molecular weight is 332 g/mol. The molecule has 2 atom stereocenters. The molecule has 1 aromatic heterocycles. The molecule has 0 spiro atoms. The number of aromatic nitrogens is 2. The van der Waals surface area contributed by atoms with Crippen molar-refractivity contribution in [3.63, 3.8) is 0 Å². The number of anilines is 1. The molecule has 0 bridgehead atoms. The number of carbonyl (C=O) groups is 1. The average Bonchev–Trinajstić information content (AvgIpc) is 2.88. The highest BCUT2D eigenvalue weighted by Gasteiger charge is 2.34. The lowest BCUT2D eigenvalue weighted by atomic mass is 9.91. The minimum atomic E-state index is 0.0365. The van der Waals surface area contributed by atoms with Gasteiger partial charge >= 0.3 is 0 Å². The fourth-order valence-corrected chi connectivity index (χ4v) is 3.69. The van der Waals surface area contributed by atoms with Crippen molar-refractivity contribution in [1.82, 2.24) is 15.1 Å². The molecule has 1 amide bonds. The number of nitrogens with zero attached hydrogens (tertiary/aromatic N) is 4. The minimum absolute atomic E-state index is 0.0365. The Morgan fingerprint density at radius 3 is 2.83 bits per heavy atom. The fraction of sp³-hybridized carbons (Fsp3) is 0.722. The standard InChI is InChI=1S/C18H28N4O2/c1-3-16-15(6-4-13-24-16)18(23)22-10-5-9-21(11-12-22)17-8-7-14(2)19-20-17/h7-8,15-16H,3-6,9-13H2,1-2H3/t15-,16+/m0/s1. The van der Waals surface area contributed by atoms with Crippen molar-refractivity contribution < 1.29 is 9.53 Å². The molecule has 0 radical (unpaired) electrons. The van der Waals surface area contributed by atoms with Gasteiger partial charge in [0.15, 0.2) is 5.82 Å². The Morgan fingerprint density at radius 2 is 2.08 bits per heavy atom. The molecule has 3 rings (SSSR count). The lowest BCUT2D eigenvalue weighted by Gasteiger charge is -2.34. The predicted octanol–water partition coefficient (Wildman–Crippen LogP) is 2.03. The van der Waals surface area contributed by atoms with Gasteiger partial charge in [0.1, 0.15) is 0 Å². The molecule has 0 aromatic carbocycles. The third-order valence-corrected chi connectivity index (χ3v) is 5.08. The molecule has 1 aromatic rings. The smallest absolute Gasteiger partial charge is 0.228 e. The van der Waals surface area contributed by atoms with Gasteiger partial charge in [-0.2, -0.15) is 5.10 Å². The molecule has 2 aliphatic heterocycles. The van der Waals surface area contributed by atoms with Crippen molar-refractivity contribution in [2.75, 3.05) is 37.7 Å². The zero-order valence-corrected chi connectivity index (χ0v) is 14.8. The summed E-state index contributed by atoms with van der Waals surface area (Å²) in [5, 5.41) is 8.43. The van der Waals surface area contributed by atoms with E-state index >= 15 is 0 Å². The molecular weight excluding hydrogens is 304 g/mol. The van der Waals surface area contributed by atoms with E-state index in [1.54, 1.807) is 0 Å². The number of ether oxygens (including phenoxy) is 1. The van der Waals surface area contributed by atoms with Gasteiger partial charge in [-0.25, -0.2) is 0 Å². The first-order valence-electron chi connectivity index (χ1n) is 9.14. The van der Waals surface area contributed by atoms with Crippen LogP contribution in [0, 0.1) is 12.8 Å². The summed E-state index contributed by atoms with van der Waals surface area (Å²) in [6.07, 6.45) is 3.92. The molecule has 0 unspecified atom stereocenters. The number of carbonyl (C=O) groups excluding carboxylic acids is 1. The van der Waals surface area contributed by atoms with E-state index < -0.39 is 0 Å². The van der Waals surface area contributed by atoms with Crippen LogP contribution in [0.15, 0.2) is 12.1 Å². The highest BCUT2D eigenvalue weighted by molar-refractivity contribution is 5.79. The SMILES string of the molecule is CC[C@H]1OCCC[C@@H]1C(=O)N1CCCN(c2ccc(C)nn2)CC1. The fourth-order valence-electron chi connectivity index (χ4n) is 3.69. The van der Waals surface area contributed by atoms with Gasteiger partial charge < -0.3 is 14.5 Å². The third-order valence-electron chi connectivity index (χ3n) is 5.08. The van der Waals surface area contributed by atoms with Crippen LogP contribution in [-0.4, -0.2) is 59.9 Å². The van der Waals surface area contributed by atoms with E-state index in [9.17, 15) is 4.79 Å². The second-order valence-corrected chi connectivity index (χ2v) is 6.77. The Kier molecular flexibility index (Phi) is 5.66. The summed E-state index contributed by atoms with van der Waals surface area (Å²) in [4.78, 5) is 17.2. The highest BCUT2D eigenvalue weighted by atomic mass is 16.5. The van der Waals surface area contributed by atoms with Crippen molar-refractivity contribution in [1.29, 1.82) is 0 Å². The van der Waals surface area contributed by atoms with Gasteiger partial charge in [-0.1, -0.05) is 6.92 Å². The van der Waals surface area contributed by atoms with Crippen LogP contribution >= 0.6 is 0 Å². The monoisotopic (exact) mass is 332 g/mol. The molecule has 0 saturated carbocycles. The van der Waals surface area contributed by atoms with Gasteiger partial charge in [-0.3, -0.25) is 4.79 Å². The predicted molar refractivity (Wildman–Crippen MR) is 92.9 cm³/mol. The Bertz CT molecular complexity index is 548. The van der Waals surface area contributed by atoms with Crippen molar-refractivity contribution >= 4 is 11.7 Å². The van der Waals surface area contributed by atoms with Gasteiger partial charge in [0.05, 0.1) is 17.7 Å². The summed E-state index contributed by atoms with van der Waals surface area (Å²) in [5.74, 6) is 1.22. The van der Waals surface area contributed by atoms with E-state index in [0.29, 0.717) is 0 Å². The molecule has 2 aliphatic rings. The van der Waals surface area contributed by atoms with Crippen LogP contribution in [0.3, 0.4) is 0 Å². The van der Waals surface area contributed by atoms with E-state index in [0.717, 1.165) is 70.0 Å². The van der Waals surface area contributed by atoms with Crippen LogP contribution < -0.4 is 4.90 Å². The molecule has 3 heterocycles. The van der Waals surface area contributed by atoms with Gasteiger partial charge in [0, 0.05) is 32.8 Å². The Balaban J connectivity index is 1.62. The maximum atomic E-state index is 13.0. The second kappa shape index (κ2) is 7.92. The van der Waals surface area contributed by atoms with Crippen molar-refractivity contribution in [2.45, 2.75) is 45.6 Å². The van der Waals surface area contributed by atoms with Crippen LogP contribution in [0.25, 0.3) is 0 Å². The van der Waals surface area contributed by atoms with Crippen molar-refractivity contribution in [3.8, 4) is 0 Å². The summed E-state index contributed by atoms with van der Waals surface area (Å²) in [7, 11) is 0. The first-order chi connectivity index (χ1) is 11.7. The van der Waals surface area contributed by atoms with Crippen molar-refractivity contribution in [3.05, 3.63) is 17.8 Å². The Morgan fingerprint density at radius 1 is 1.21 bits per heavy atom. The van der Waals surface area contributed by atoms with Gasteiger partial charge in [-0.05, 0) is 44.7 Å². The van der Waals surface area contributed by atoms with E-state index in [1.807, 2.05) is 24.0 Å². The molecule has 132 valence electrons. The minimum Gasteiger partial charge on any atom is -0.377 e. The molecule has 0 aliphatic carbocycles. The maximum absolute atomic E-state index is 13.0. The summed E-state index contributed by atoms with van der Waals surface area (Å²) in [5.41, 5.74) is 0.924. The molecule has 6 heteroatoms. The van der Waals surface area contributed by atoms with Crippen LogP contribution in [0.2, 0.25) is 0 Å². The lowest BCUT2D eigenvalue weighted by Crippen LogP contribution is -2.45. The largest absolute Gasteiger partial charge is 0.377 e. The maximum Gasteiger partial charge on any atom is 0.228 e. The molecule has 2 saturated heterocycles. The van der Waals surface area contributed by atoms with Gasteiger partial charge in [0.25, 0.3) is 0 Å². The number of amides is 1. The summed E-state index contributed by atoms with van der Waals surface area (Å²) in [6, 6.07) is 4.00. The summed E-state index contributed by atoms with van der Waals surface area (Å²) >= 11 is 0. The molecule has 24 heavy (non-hydrogen) atoms.